The topological polar surface area (TPSA) is 71.1 Å². The van der Waals surface area contributed by atoms with E-state index in [4.69, 9.17) is 23.2 Å². The third-order valence-corrected chi connectivity index (χ3v) is 4.51. The summed E-state index contributed by atoms with van der Waals surface area (Å²) >= 11 is 12.4. The molecule has 7 heteroatoms. The summed E-state index contributed by atoms with van der Waals surface area (Å²) < 4.78 is 0. The van der Waals surface area contributed by atoms with Gasteiger partial charge in [-0.1, -0.05) is 29.3 Å². The van der Waals surface area contributed by atoms with Gasteiger partial charge >= 0.3 is 0 Å². The van der Waals surface area contributed by atoms with Crippen LogP contribution in [0.3, 0.4) is 0 Å². The molecule has 3 rings (SSSR count). The van der Waals surface area contributed by atoms with Crippen molar-refractivity contribution in [2.24, 2.45) is 0 Å². The van der Waals surface area contributed by atoms with Crippen molar-refractivity contribution in [2.45, 2.75) is 0 Å². The zero-order chi connectivity index (χ0) is 19.4. The fourth-order valence-corrected chi connectivity index (χ4v) is 2.99. The lowest BCUT2D eigenvalue weighted by atomic mass is 10.1. The third-order valence-electron chi connectivity index (χ3n) is 3.87. The van der Waals surface area contributed by atoms with E-state index in [9.17, 15) is 9.59 Å². The molecule has 136 valence electrons. The molecule has 0 aliphatic carbocycles. The Balaban J connectivity index is 1.86. The molecule has 0 unspecified atom stereocenters. The second-order valence-corrected chi connectivity index (χ2v) is 6.45. The molecule has 0 atom stereocenters. The molecule has 3 aromatic rings. The van der Waals surface area contributed by atoms with E-state index in [-0.39, 0.29) is 16.5 Å². The standard InChI is InChI=1S/C20H15Cl2N3O2/c1-23-19(26)12-5-7-14(17(22)10-12)20(27)25-13-6-8-16(21)15(11-13)18-4-2-3-9-24-18/h2-11H,1H3,(H,23,26)(H,25,27). The molecular weight excluding hydrogens is 385 g/mol. The van der Waals surface area contributed by atoms with Gasteiger partial charge in [-0.25, -0.2) is 0 Å². The summed E-state index contributed by atoms with van der Waals surface area (Å²) in [5.74, 6) is -0.667. The number of nitrogens with one attached hydrogen (secondary N) is 2. The fraction of sp³-hybridized carbons (Fsp3) is 0.0500. The van der Waals surface area contributed by atoms with Crippen LogP contribution in [0, 0.1) is 0 Å². The van der Waals surface area contributed by atoms with Gasteiger partial charge in [-0.15, -0.1) is 0 Å². The molecule has 2 N–H and O–H groups in total. The molecule has 0 spiro atoms. The number of carbonyl (C=O) groups excluding carboxylic acids is 2. The van der Waals surface area contributed by atoms with Gasteiger partial charge in [0.05, 0.1) is 21.3 Å². The summed E-state index contributed by atoms with van der Waals surface area (Å²) in [7, 11) is 1.52. The highest BCUT2D eigenvalue weighted by atomic mass is 35.5. The number of hydrogen-bond acceptors (Lipinski definition) is 3. The summed E-state index contributed by atoms with van der Waals surface area (Å²) in [6.45, 7) is 0. The molecule has 0 radical (unpaired) electrons. The van der Waals surface area contributed by atoms with Crippen LogP contribution in [0.25, 0.3) is 11.3 Å². The van der Waals surface area contributed by atoms with Crippen LogP contribution in [0.2, 0.25) is 10.0 Å². The first-order valence-corrected chi connectivity index (χ1v) is 8.79. The molecule has 0 fully saturated rings. The van der Waals surface area contributed by atoms with E-state index in [0.717, 1.165) is 0 Å². The van der Waals surface area contributed by atoms with Crippen molar-refractivity contribution in [1.29, 1.82) is 0 Å². The van der Waals surface area contributed by atoms with E-state index in [1.54, 1.807) is 30.5 Å². The summed E-state index contributed by atoms with van der Waals surface area (Å²) in [5, 5.41) is 6.01. The fourth-order valence-electron chi connectivity index (χ4n) is 2.50. The zero-order valence-corrected chi connectivity index (χ0v) is 15.8. The van der Waals surface area contributed by atoms with Crippen molar-refractivity contribution in [1.82, 2.24) is 10.3 Å². The Bertz CT molecular complexity index is 1010. The average molecular weight is 400 g/mol. The van der Waals surface area contributed by atoms with Gasteiger partial charge in [-0.3, -0.25) is 14.6 Å². The predicted molar refractivity (Wildman–Crippen MR) is 107 cm³/mol. The third kappa shape index (κ3) is 4.27. The van der Waals surface area contributed by atoms with Crippen molar-refractivity contribution >= 4 is 40.7 Å². The Morgan fingerprint density at radius 2 is 1.74 bits per heavy atom. The number of amides is 2. The Morgan fingerprint density at radius 3 is 2.41 bits per heavy atom. The van der Waals surface area contributed by atoms with Gasteiger partial charge in [-0.2, -0.15) is 0 Å². The van der Waals surface area contributed by atoms with Crippen molar-refractivity contribution < 1.29 is 9.59 Å². The Morgan fingerprint density at radius 1 is 0.926 bits per heavy atom. The minimum Gasteiger partial charge on any atom is -0.355 e. The maximum Gasteiger partial charge on any atom is 0.257 e. The minimum atomic E-state index is -0.391. The molecule has 5 nitrogen and oxygen atoms in total. The lowest BCUT2D eigenvalue weighted by Crippen LogP contribution is -2.18. The number of carbonyl (C=O) groups is 2. The number of aromatic nitrogens is 1. The molecule has 2 aromatic carbocycles. The van der Waals surface area contributed by atoms with E-state index >= 15 is 0 Å². The Labute approximate surface area is 166 Å². The second kappa shape index (κ2) is 8.20. The predicted octanol–water partition coefficient (Wildman–Crippen LogP) is 4.67. The lowest BCUT2D eigenvalue weighted by molar-refractivity contribution is 0.0961. The van der Waals surface area contributed by atoms with E-state index < -0.39 is 5.91 Å². The molecule has 0 bridgehead atoms. The second-order valence-electron chi connectivity index (χ2n) is 5.64. The van der Waals surface area contributed by atoms with Crippen LogP contribution in [0.15, 0.2) is 60.8 Å². The van der Waals surface area contributed by atoms with Crippen LogP contribution in [0.5, 0.6) is 0 Å². The zero-order valence-electron chi connectivity index (χ0n) is 14.3. The van der Waals surface area contributed by atoms with Crippen LogP contribution < -0.4 is 10.6 Å². The Hall–Kier alpha value is -2.89. The number of anilines is 1. The number of benzene rings is 2. The number of halogens is 2. The summed E-state index contributed by atoms with van der Waals surface area (Å²) in [6, 6.07) is 15.1. The van der Waals surface area contributed by atoms with Gasteiger partial charge in [0.15, 0.2) is 0 Å². The van der Waals surface area contributed by atoms with Crippen LogP contribution in [0.4, 0.5) is 5.69 Å². The van der Waals surface area contributed by atoms with Crippen LogP contribution >= 0.6 is 23.2 Å². The highest BCUT2D eigenvalue weighted by Crippen LogP contribution is 2.29. The Kier molecular flexibility index (Phi) is 5.74. The first-order chi connectivity index (χ1) is 13.0. The van der Waals surface area contributed by atoms with Gasteiger partial charge < -0.3 is 10.6 Å². The van der Waals surface area contributed by atoms with Gasteiger partial charge in [-0.05, 0) is 48.5 Å². The van der Waals surface area contributed by atoms with Gasteiger partial charge in [0.2, 0.25) is 0 Å². The van der Waals surface area contributed by atoms with E-state index in [0.29, 0.717) is 27.5 Å². The van der Waals surface area contributed by atoms with Gasteiger partial charge in [0.1, 0.15) is 0 Å². The summed E-state index contributed by atoms with van der Waals surface area (Å²) in [6.07, 6.45) is 1.67. The number of pyridine rings is 1. The van der Waals surface area contributed by atoms with Crippen molar-refractivity contribution in [3.63, 3.8) is 0 Å². The molecule has 0 aliphatic rings. The number of rotatable bonds is 4. The minimum absolute atomic E-state index is 0.188. The number of nitrogens with zero attached hydrogens (tertiary/aromatic N) is 1. The van der Waals surface area contributed by atoms with Crippen LogP contribution in [-0.2, 0) is 0 Å². The average Bonchev–Trinajstić information content (AvgIpc) is 2.69. The van der Waals surface area contributed by atoms with Crippen molar-refractivity contribution in [3.8, 4) is 11.3 Å². The highest BCUT2D eigenvalue weighted by Gasteiger charge is 2.14. The maximum absolute atomic E-state index is 12.6. The van der Waals surface area contributed by atoms with Crippen LogP contribution in [0.1, 0.15) is 20.7 Å². The molecule has 27 heavy (non-hydrogen) atoms. The van der Waals surface area contributed by atoms with E-state index in [1.807, 2.05) is 18.2 Å². The SMILES string of the molecule is CNC(=O)c1ccc(C(=O)Nc2ccc(Cl)c(-c3ccccn3)c2)c(Cl)c1. The lowest BCUT2D eigenvalue weighted by Gasteiger charge is -2.10. The quantitative estimate of drug-likeness (QED) is 0.669. The number of hydrogen-bond donors (Lipinski definition) is 2. The largest absolute Gasteiger partial charge is 0.355 e. The normalized spacial score (nSPS) is 10.3. The molecule has 1 heterocycles. The monoisotopic (exact) mass is 399 g/mol. The highest BCUT2D eigenvalue weighted by molar-refractivity contribution is 6.35. The summed E-state index contributed by atoms with van der Waals surface area (Å²) in [4.78, 5) is 28.5. The maximum atomic E-state index is 12.6. The van der Waals surface area contributed by atoms with Gasteiger partial charge in [0, 0.05) is 30.1 Å². The first kappa shape index (κ1) is 18.9. The molecule has 1 aromatic heterocycles. The van der Waals surface area contributed by atoms with Gasteiger partial charge in [0.25, 0.3) is 11.8 Å². The molecule has 0 saturated carbocycles. The first-order valence-electron chi connectivity index (χ1n) is 8.03. The van der Waals surface area contributed by atoms with E-state index in [1.165, 1.54) is 19.2 Å². The molecular formula is C20H15Cl2N3O2. The van der Waals surface area contributed by atoms with Crippen molar-refractivity contribution in [3.05, 3.63) is 82.0 Å². The van der Waals surface area contributed by atoms with Crippen molar-refractivity contribution in [2.75, 3.05) is 12.4 Å². The van der Waals surface area contributed by atoms with E-state index in [2.05, 4.69) is 15.6 Å². The van der Waals surface area contributed by atoms with Crippen LogP contribution in [-0.4, -0.2) is 23.8 Å². The molecule has 0 aliphatic heterocycles. The summed E-state index contributed by atoms with van der Waals surface area (Å²) in [5.41, 5.74) is 2.60. The smallest absolute Gasteiger partial charge is 0.257 e. The molecule has 2 amide bonds. The molecule has 0 saturated heterocycles.